The molecule has 2 N–H and O–H groups in total. The van der Waals surface area contributed by atoms with Crippen molar-refractivity contribution in [1.82, 2.24) is 15.5 Å². The molecule has 1 aromatic heterocycles. The van der Waals surface area contributed by atoms with Crippen molar-refractivity contribution in [2.24, 2.45) is 0 Å². The number of aromatic nitrogens is 2. The van der Waals surface area contributed by atoms with Crippen LogP contribution >= 0.6 is 0 Å². The molecule has 0 atom stereocenters. The molecule has 0 saturated carbocycles. The minimum Gasteiger partial charge on any atom is -0.370 e. The lowest BCUT2D eigenvalue weighted by molar-refractivity contribution is -0.121. The molecule has 0 aromatic carbocycles. The summed E-state index contributed by atoms with van der Waals surface area (Å²) >= 11 is 0. The monoisotopic (exact) mass is 277 g/mol. The number of nitrogens with one attached hydrogen (secondary N) is 2. The molecule has 1 amide bonds. The Morgan fingerprint density at radius 1 is 1.35 bits per heavy atom. The van der Waals surface area contributed by atoms with Crippen LogP contribution in [0.2, 0.25) is 0 Å². The van der Waals surface area contributed by atoms with Gasteiger partial charge in [-0.25, -0.2) is 0 Å². The summed E-state index contributed by atoms with van der Waals surface area (Å²) in [4.78, 5) is 13.6. The highest BCUT2D eigenvalue weighted by Crippen LogP contribution is 2.20. The van der Waals surface area contributed by atoms with Crippen molar-refractivity contribution in [2.75, 3.05) is 36.4 Å². The fourth-order valence-corrected chi connectivity index (χ4v) is 2.30. The zero-order valence-electron chi connectivity index (χ0n) is 12.1. The zero-order valence-corrected chi connectivity index (χ0v) is 12.1. The zero-order chi connectivity index (χ0) is 14.2. The van der Waals surface area contributed by atoms with E-state index in [1.54, 1.807) is 6.20 Å². The highest BCUT2D eigenvalue weighted by atomic mass is 16.1. The summed E-state index contributed by atoms with van der Waals surface area (Å²) in [5.74, 6) is 0.866. The number of hydrogen-bond acceptors (Lipinski definition) is 5. The summed E-state index contributed by atoms with van der Waals surface area (Å²) in [6, 6.07) is 2.02. The standard InChI is InChI=1S/C14H23N5O/c1-2-5-14(20)16-7-6-15-13-10-12(11-17-18-13)19-8-3-4-9-19/h10-11H,2-9H2,1H3,(H,15,18)(H,16,20). The van der Waals surface area contributed by atoms with E-state index in [0.29, 0.717) is 19.5 Å². The lowest BCUT2D eigenvalue weighted by Crippen LogP contribution is -2.28. The Hall–Kier alpha value is -1.85. The molecule has 2 rings (SSSR count). The second kappa shape index (κ2) is 7.67. The molecular formula is C14H23N5O. The summed E-state index contributed by atoms with van der Waals surface area (Å²) in [5.41, 5.74) is 1.12. The average molecular weight is 277 g/mol. The predicted molar refractivity (Wildman–Crippen MR) is 79.9 cm³/mol. The number of anilines is 2. The average Bonchev–Trinajstić information content (AvgIpc) is 2.98. The highest BCUT2D eigenvalue weighted by Gasteiger charge is 2.13. The largest absolute Gasteiger partial charge is 0.370 e. The molecule has 1 fully saturated rings. The second-order valence-corrected chi connectivity index (χ2v) is 5.02. The van der Waals surface area contributed by atoms with Crippen LogP contribution in [0.25, 0.3) is 0 Å². The Bertz CT molecular complexity index is 431. The SMILES string of the molecule is CCCC(=O)NCCNc1cc(N2CCCC2)cnn1. The number of nitrogens with zero attached hydrogens (tertiary/aromatic N) is 3. The molecule has 0 radical (unpaired) electrons. The first-order chi connectivity index (χ1) is 9.79. The first-order valence-electron chi connectivity index (χ1n) is 7.38. The molecule has 0 aliphatic carbocycles. The second-order valence-electron chi connectivity index (χ2n) is 5.02. The molecule has 2 heterocycles. The van der Waals surface area contributed by atoms with Crippen molar-refractivity contribution in [1.29, 1.82) is 0 Å². The van der Waals surface area contributed by atoms with Gasteiger partial charge in [0, 0.05) is 38.7 Å². The number of carbonyl (C=O) groups excluding carboxylic acids is 1. The van der Waals surface area contributed by atoms with E-state index < -0.39 is 0 Å². The van der Waals surface area contributed by atoms with Gasteiger partial charge in [-0.05, 0) is 19.3 Å². The Balaban J connectivity index is 1.75. The van der Waals surface area contributed by atoms with Crippen LogP contribution in [0.3, 0.4) is 0 Å². The fraction of sp³-hybridized carbons (Fsp3) is 0.643. The van der Waals surface area contributed by atoms with E-state index in [0.717, 1.165) is 31.0 Å². The van der Waals surface area contributed by atoms with E-state index in [1.165, 1.54) is 12.8 Å². The normalized spacial score (nSPS) is 14.3. The predicted octanol–water partition coefficient (Wildman–Crippen LogP) is 1.40. The lowest BCUT2D eigenvalue weighted by atomic mass is 10.3. The summed E-state index contributed by atoms with van der Waals surface area (Å²) in [5, 5.41) is 14.1. The van der Waals surface area contributed by atoms with Crippen molar-refractivity contribution in [3.8, 4) is 0 Å². The van der Waals surface area contributed by atoms with Gasteiger partial charge in [0.1, 0.15) is 0 Å². The molecule has 20 heavy (non-hydrogen) atoms. The first kappa shape index (κ1) is 14.6. The fourth-order valence-electron chi connectivity index (χ4n) is 2.30. The van der Waals surface area contributed by atoms with Gasteiger partial charge in [-0.15, -0.1) is 5.10 Å². The van der Waals surface area contributed by atoms with Crippen molar-refractivity contribution < 1.29 is 4.79 Å². The Morgan fingerprint density at radius 2 is 2.15 bits per heavy atom. The van der Waals surface area contributed by atoms with Crippen LogP contribution in [0.1, 0.15) is 32.6 Å². The molecule has 1 aliphatic heterocycles. The Kier molecular flexibility index (Phi) is 5.58. The first-order valence-corrected chi connectivity index (χ1v) is 7.38. The molecular weight excluding hydrogens is 254 g/mol. The Morgan fingerprint density at radius 3 is 2.90 bits per heavy atom. The van der Waals surface area contributed by atoms with Gasteiger partial charge in [-0.2, -0.15) is 5.10 Å². The lowest BCUT2D eigenvalue weighted by Gasteiger charge is -2.17. The molecule has 0 unspecified atom stereocenters. The summed E-state index contributed by atoms with van der Waals surface area (Å²) in [6.45, 7) is 5.45. The van der Waals surface area contributed by atoms with Gasteiger partial charge >= 0.3 is 0 Å². The number of amides is 1. The third kappa shape index (κ3) is 4.36. The molecule has 1 aromatic rings. The van der Waals surface area contributed by atoms with E-state index >= 15 is 0 Å². The minimum atomic E-state index is 0.103. The summed E-state index contributed by atoms with van der Waals surface area (Å²) in [7, 11) is 0. The van der Waals surface area contributed by atoms with Gasteiger partial charge in [-0.3, -0.25) is 4.79 Å². The van der Waals surface area contributed by atoms with Gasteiger partial charge in [0.2, 0.25) is 5.91 Å². The maximum Gasteiger partial charge on any atom is 0.220 e. The van der Waals surface area contributed by atoms with E-state index in [4.69, 9.17) is 0 Å². The van der Waals surface area contributed by atoms with Crippen LogP contribution in [0.15, 0.2) is 12.3 Å². The van der Waals surface area contributed by atoms with E-state index in [9.17, 15) is 4.79 Å². The molecule has 110 valence electrons. The maximum atomic E-state index is 11.3. The van der Waals surface area contributed by atoms with Gasteiger partial charge in [0.15, 0.2) is 5.82 Å². The van der Waals surface area contributed by atoms with Crippen LogP contribution < -0.4 is 15.5 Å². The van der Waals surface area contributed by atoms with Crippen LogP contribution in [0, 0.1) is 0 Å². The van der Waals surface area contributed by atoms with Crippen molar-refractivity contribution in [3.63, 3.8) is 0 Å². The maximum absolute atomic E-state index is 11.3. The van der Waals surface area contributed by atoms with Gasteiger partial charge in [0.05, 0.1) is 11.9 Å². The molecule has 0 bridgehead atoms. The molecule has 6 heteroatoms. The highest BCUT2D eigenvalue weighted by molar-refractivity contribution is 5.75. The molecule has 1 saturated heterocycles. The summed E-state index contributed by atoms with van der Waals surface area (Å²) in [6.07, 6.45) is 5.76. The van der Waals surface area contributed by atoms with E-state index in [1.807, 2.05) is 13.0 Å². The van der Waals surface area contributed by atoms with Crippen LogP contribution in [0.4, 0.5) is 11.5 Å². The van der Waals surface area contributed by atoms with Crippen LogP contribution in [0.5, 0.6) is 0 Å². The van der Waals surface area contributed by atoms with Crippen molar-refractivity contribution in [2.45, 2.75) is 32.6 Å². The van der Waals surface area contributed by atoms with Crippen LogP contribution in [-0.2, 0) is 4.79 Å². The third-order valence-electron chi connectivity index (χ3n) is 3.34. The number of rotatable bonds is 7. The molecule has 0 spiro atoms. The van der Waals surface area contributed by atoms with Gasteiger partial charge < -0.3 is 15.5 Å². The number of hydrogen-bond donors (Lipinski definition) is 2. The Labute approximate surface area is 120 Å². The van der Waals surface area contributed by atoms with Crippen molar-refractivity contribution >= 4 is 17.4 Å². The van der Waals surface area contributed by atoms with E-state index in [2.05, 4.69) is 25.7 Å². The topological polar surface area (TPSA) is 70.2 Å². The third-order valence-corrected chi connectivity index (χ3v) is 3.34. The summed E-state index contributed by atoms with van der Waals surface area (Å²) < 4.78 is 0. The number of carbonyl (C=O) groups is 1. The quantitative estimate of drug-likeness (QED) is 0.737. The van der Waals surface area contributed by atoms with Gasteiger partial charge in [0.25, 0.3) is 0 Å². The van der Waals surface area contributed by atoms with E-state index in [-0.39, 0.29) is 5.91 Å². The van der Waals surface area contributed by atoms with Gasteiger partial charge in [-0.1, -0.05) is 6.92 Å². The van der Waals surface area contributed by atoms with Crippen molar-refractivity contribution in [3.05, 3.63) is 12.3 Å². The molecule has 1 aliphatic rings. The van der Waals surface area contributed by atoms with Crippen LogP contribution in [-0.4, -0.2) is 42.3 Å². The minimum absolute atomic E-state index is 0.103. The smallest absolute Gasteiger partial charge is 0.220 e. The molecule has 6 nitrogen and oxygen atoms in total.